The fourth-order valence-corrected chi connectivity index (χ4v) is 17.0. The average molecular weight is 2000 g/mol. The Morgan fingerprint density at radius 3 is 1.11 bits per heavy atom. The summed E-state index contributed by atoms with van der Waals surface area (Å²) in [6.07, 6.45) is 42.8. The molecule has 0 radical (unpaired) electrons. The van der Waals surface area contributed by atoms with Gasteiger partial charge < -0.3 is 15.9 Å². The molecule has 4 N–H and O–H groups in total. The summed E-state index contributed by atoms with van der Waals surface area (Å²) in [5.41, 5.74) is 34.9. The Labute approximate surface area is 912 Å². The molecule has 1 fully saturated rings. The summed E-state index contributed by atoms with van der Waals surface area (Å²) in [4.78, 5) is 75.5. The smallest absolute Gasteiger partial charge is 0.870 e. The maximum absolute atomic E-state index is 12.8. The molecule has 0 spiro atoms. The van der Waals surface area contributed by atoms with Crippen LogP contribution in [0.15, 0.2) is 426 Å². The van der Waals surface area contributed by atoms with Gasteiger partial charge >= 0.3 is 29.6 Å². The van der Waals surface area contributed by atoms with Gasteiger partial charge in [0.1, 0.15) is 13.1 Å². The van der Waals surface area contributed by atoms with Gasteiger partial charge in [-0.05, 0) is 193 Å². The van der Waals surface area contributed by atoms with E-state index in [-0.39, 0.29) is 89.5 Å². The van der Waals surface area contributed by atoms with Crippen molar-refractivity contribution in [3.63, 3.8) is 0 Å². The van der Waals surface area contributed by atoms with Gasteiger partial charge in [-0.3, -0.25) is 43.9 Å². The summed E-state index contributed by atoms with van der Waals surface area (Å²) in [7, 11) is 0. The number of nitrogens with two attached hydrogens (primary N) is 1. The number of anilines is 1. The van der Waals surface area contributed by atoms with E-state index in [9.17, 15) is 24.0 Å². The van der Waals surface area contributed by atoms with E-state index in [1.54, 1.807) is 85.7 Å². The van der Waals surface area contributed by atoms with Gasteiger partial charge in [0, 0.05) is 163 Å². The minimum absolute atomic E-state index is 0. The number of carbonyl (C=O) groups is 5. The zero-order chi connectivity index (χ0) is 104. The predicted molar refractivity (Wildman–Crippen MR) is 609 cm³/mol. The molecule has 0 aliphatic carbocycles. The topological polar surface area (TPSA) is 217 Å². The second kappa shape index (κ2) is 63.5. The maximum Gasteiger partial charge on any atom is 1.00 e. The monoisotopic (exact) mass is 2000 g/mol. The van der Waals surface area contributed by atoms with Crippen LogP contribution in [0, 0.1) is 55.4 Å². The first kappa shape index (κ1) is 118. The molecule has 0 bridgehead atoms. The van der Waals surface area contributed by atoms with E-state index in [0.29, 0.717) is 35.4 Å². The van der Waals surface area contributed by atoms with Gasteiger partial charge in [-0.15, -0.1) is 0 Å². The molecule has 7 aromatic heterocycles. The third-order valence-corrected chi connectivity index (χ3v) is 25.8. The van der Waals surface area contributed by atoms with Gasteiger partial charge in [-0.1, -0.05) is 346 Å². The molecule has 1 aliphatic rings. The number of nitrogen functional groups attached to an aromatic ring is 1. The summed E-state index contributed by atoms with van der Waals surface area (Å²) >= 11 is 0. The molecule has 4 atom stereocenters. The van der Waals surface area contributed by atoms with E-state index in [1.165, 1.54) is 142 Å². The van der Waals surface area contributed by atoms with Crippen molar-refractivity contribution in [1.29, 1.82) is 0 Å². The fraction of sp³-hybridized carbons (Fsp3) is 0.224. The third kappa shape index (κ3) is 39.1. The second-order valence-electron chi connectivity index (χ2n) is 37.8. The molecule has 15 nitrogen and oxygen atoms in total. The van der Waals surface area contributed by atoms with Crippen LogP contribution < -0.4 is 49.0 Å². The summed E-state index contributed by atoms with van der Waals surface area (Å²) in [6, 6.07) is 115. The second-order valence-corrected chi connectivity index (χ2v) is 37.8. The zero-order valence-electron chi connectivity index (χ0n) is 88.4. The molecule has 1 aliphatic heterocycles. The van der Waals surface area contributed by atoms with Crippen LogP contribution in [-0.4, -0.2) is 59.1 Å². The number of ketones is 5. The van der Waals surface area contributed by atoms with Crippen molar-refractivity contribution >= 4 is 46.8 Å². The number of aliphatic hydroxyl groups is 2. The average Bonchev–Trinajstić information content (AvgIpc) is 0.770. The molecular weight excluding hydrogens is 1860 g/mol. The van der Waals surface area contributed by atoms with E-state index in [4.69, 9.17) is 10.5 Å². The molecule has 150 heavy (non-hydrogen) atoms. The van der Waals surface area contributed by atoms with Gasteiger partial charge in [-0.25, -0.2) is 9.13 Å². The molecule has 1 saturated heterocycles. The number of benzene rings is 10. The summed E-state index contributed by atoms with van der Waals surface area (Å²) in [5, 5.41) is 0. The SMILES string of the molecule is C.CC(=O)c1ccncc1.CCCCCC[n+]1ccc(-c2cc(-c3ccc(C)cc3)cc(-c3ccc(C)cc3)[n+]2-c2cc[n+](CCCCCC)cc2)cc1.Cc1ccc(/C=C/C(=O)c2ccc(C)cc2)cc1.Cc1ccc(C(=O)CC(CC(=O)c2ccncc2)c2ccc(C)cc2)cc1.Cc1ccc(C2CC(c3ccncc3)[OH+]C(c3ccc(C)cc3)C2)cc1.Nc1ccncc1.O=C(/C=C/c1ccccc1)c1ccccc1.[Na+].[OH-]. The summed E-state index contributed by atoms with van der Waals surface area (Å²) < 4.78 is 12.3. The first-order valence-electron chi connectivity index (χ1n) is 51.3. The number of aryl methyl sites for hydroxylation is 10. The first-order valence-corrected chi connectivity index (χ1v) is 51.3. The molecule has 18 rings (SSSR count). The van der Waals surface area contributed by atoms with Crippen molar-refractivity contribution in [1.82, 2.24) is 19.9 Å². The maximum atomic E-state index is 12.8. The van der Waals surface area contributed by atoms with Crippen LogP contribution in [0.4, 0.5) is 5.69 Å². The number of carbonyl (C=O) groups excluding carboxylic acids is 5. The standard InChI is InChI=1S/C41H50N3.C24H23NO2.C24H25NO.C17H16O.C15H12O.C7H7NO.C5H6N2.CH4.Na.H2O/c1-5-7-9-11-25-42-27-21-37(22-28-42)41-32-38(35-17-13-33(3)14-18-35)31-40(36-19-15-34(4)16-20-36)44(41)39-23-29-43(30-24-39)26-12-10-8-6-2;1-17-3-7-19(8-4-17)22(16-24(27)21-11-13-25-14-12-21)15-23(26)20-9-5-18(2)6-10-20;1-17-3-7-19(8-4-17)22-15-23(20-9-5-18(2)6-10-20)26-24(16-22)21-11-13-25-14-12-21;1-13-3-7-15(8-4-13)9-12-17(18)16-10-5-14(2)6-11-16;16-15(14-9-5-2-6-10-14)12-11-13-7-3-1-4-8-13;1-6(9)7-2-4-8-5-3-7;6-5-1-3-7-4-2-5;;;/h13-24,27-32H,5-12,25-26H2,1-4H3;3-14,22H,15-16H2,1-2H3;3-14,22-24H,15-16H2,1-2H3;3-12H,1-2H3;1-12H;2-5H,1H3;1-4H,(H2,6,7);1H4;;1H2/q+3;;;;;;;;+1;/b;;;12-9+;12-11+;;;;;. The van der Waals surface area contributed by atoms with Crippen molar-refractivity contribution in [3.8, 4) is 39.3 Å². The Balaban J connectivity index is 0.000000206. The van der Waals surface area contributed by atoms with Crippen molar-refractivity contribution in [2.45, 2.75) is 198 Å². The van der Waals surface area contributed by atoms with Crippen molar-refractivity contribution in [2.24, 2.45) is 0 Å². The van der Waals surface area contributed by atoms with Gasteiger partial charge in [0.2, 0.25) is 17.1 Å². The van der Waals surface area contributed by atoms with Gasteiger partial charge in [0.05, 0.1) is 17.7 Å². The molecule has 8 heterocycles. The van der Waals surface area contributed by atoms with Crippen LogP contribution in [0.3, 0.4) is 0 Å². The third-order valence-electron chi connectivity index (χ3n) is 25.8. The molecule has 17 aromatic rings. The Morgan fingerprint density at radius 1 is 0.353 bits per heavy atom. The number of pyridine rings is 7. The van der Waals surface area contributed by atoms with Crippen LogP contribution in [0.1, 0.15) is 259 Å². The first-order chi connectivity index (χ1) is 71.5. The van der Waals surface area contributed by atoms with E-state index in [1.807, 2.05) is 210 Å². The Morgan fingerprint density at radius 2 is 0.693 bits per heavy atom. The number of aromatic nitrogens is 7. The molecule has 10 aromatic carbocycles. The van der Waals surface area contributed by atoms with Gasteiger partial charge in [0.15, 0.2) is 65.9 Å². The predicted octanol–water partition coefficient (Wildman–Crippen LogP) is 27.4. The quantitative estimate of drug-likeness (QED) is 0.0108. The molecule has 4 unspecified atom stereocenters. The Kier molecular flexibility index (Phi) is 50.1. The number of ether oxygens (including phenoxy) is 1. The number of rotatable bonds is 31. The number of hydrogen-bond acceptors (Lipinski definition) is 11. The van der Waals surface area contributed by atoms with Crippen LogP contribution in [0.25, 0.3) is 51.5 Å². The Hall–Kier alpha value is -15.2. The van der Waals surface area contributed by atoms with E-state index >= 15 is 0 Å². The van der Waals surface area contributed by atoms with Crippen LogP contribution in [-0.2, 0) is 13.1 Å². The number of unbranched alkanes of at least 4 members (excludes halogenated alkanes) is 6. The molecule has 16 heteroatoms. The number of hydrogen-bond donors (Lipinski definition) is 1. The minimum atomic E-state index is -0.153. The molecular formula is C134H145N8NaO7+4. The summed E-state index contributed by atoms with van der Waals surface area (Å²) in [5.74, 6) is 0.609. The zero-order valence-corrected chi connectivity index (χ0v) is 90.4. The molecule has 760 valence electrons. The van der Waals surface area contributed by atoms with Crippen molar-refractivity contribution in [3.05, 3.63) is 532 Å². The number of allylic oxidation sites excluding steroid dienone is 2. The molecule has 0 amide bonds. The van der Waals surface area contributed by atoms with Crippen LogP contribution in [0.5, 0.6) is 0 Å². The fourth-order valence-electron chi connectivity index (χ4n) is 17.0. The van der Waals surface area contributed by atoms with E-state index in [2.05, 4.69) is 246 Å². The number of Topliss-reactive ketones (excluding diaryl/α,β-unsaturated/α-hetero) is 3. The van der Waals surface area contributed by atoms with Gasteiger partial charge in [0.25, 0.3) is 0 Å². The Bertz CT molecular complexity index is 6900. The van der Waals surface area contributed by atoms with Crippen LogP contribution >= 0.6 is 0 Å². The molecule has 0 saturated carbocycles. The summed E-state index contributed by atoms with van der Waals surface area (Å²) in [6.45, 7) is 24.9. The van der Waals surface area contributed by atoms with E-state index in [0.717, 1.165) is 76.1 Å². The van der Waals surface area contributed by atoms with E-state index < -0.39 is 0 Å². The van der Waals surface area contributed by atoms with Gasteiger partial charge in [-0.2, -0.15) is 4.57 Å². The largest absolute Gasteiger partial charge is 1.00 e. The minimum Gasteiger partial charge on any atom is -0.870 e. The van der Waals surface area contributed by atoms with Crippen molar-refractivity contribution < 1.29 is 77.4 Å². The normalized spacial score (nSPS) is 12.7. The van der Waals surface area contributed by atoms with Crippen molar-refractivity contribution in [2.75, 3.05) is 5.73 Å². The number of nitrogens with zero attached hydrogens (tertiary/aromatic N) is 7. The van der Waals surface area contributed by atoms with Crippen LogP contribution in [0.2, 0.25) is 0 Å².